The zero-order valence-corrected chi connectivity index (χ0v) is 14.3. The van der Waals surface area contributed by atoms with Crippen LogP contribution in [0.2, 0.25) is 0 Å². The molecule has 0 saturated heterocycles. The van der Waals surface area contributed by atoms with Gasteiger partial charge < -0.3 is 14.2 Å². The summed E-state index contributed by atoms with van der Waals surface area (Å²) in [6.45, 7) is 9.49. The van der Waals surface area contributed by atoms with Crippen molar-refractivity contribution < 1.29 is 23.8 Å². The molecule has 22 heavy (non-hydrogen) atoms. The average Bonchev–Trinajstić information content (AvgIpc) is 2.36. The lowest BCUT2D eigenvalue weighted by atomic mass is 9.76. The summed E-state index contributed by atoms with van der Waals surface area (Å²) in [5, 5.41) is 9.50. The van der Waals surface area contributed by atoms with Gasteiger partial charge in [-0.15, -0.1) is 0 Å². The molecule has 6 heteroatoms. The molecule has 6 nitrogen and oxygen atoms in total. The van der Waals surface area contributed by atoms with E-state index in [0.29, 0.717) is 12.8 Å². The zero-order valence-electron chi connectivity index (χ0n) is 14.3. The summed E-state index contributed by atoms with van der Waals surface area (Å²) >= 11 is 0. The predicted octanol–water partition coefficient (Wildman–Crippen LogP) is 2.77. The lowest BCUT2D eigenvalue weighted by Gasteiger charge is -2.33. The summed E-state index contributed by atoms with van der Waals surface area (Å²) in [7, 11) is 1.59. The van der Waals surface area contributed by atoms with E-state index < -0.39 is 29.1 Å². The molecule has 0 fully saturated rings. The first kappa shape index (κ1) is 20.4. The van der Waals surface area contributed by atoms with Crippen LogP contribution in [0.3, 0.4) is 0 Å². The van der Waals surface area contributed by atoms with Crippen LogP contribution in [-0.4, -0.2) is 30.8 Å². The van der Waals surface area contributed by atoms with E-state index in [0.717, 1.165) is 0 Å². The maximum absolute atomic E-state index is 11.2. The van der Waals surface area contributed by atoms with Gasteiger partial charge >= 0.3 is 11.9 Å². The van der Waals surface area contributed by atoms with Crippen LogP contribution in [0, 0.1) is 23.4 Å². The Labute approximate surface area is 132 Å². The van der Waals surface area contributed by atoms with Crippen molar-refractivity contribution in [3.05, 3.63) is 6.61 Å². The second-order valence-corrected chi connectivity index (χ2v) is 6.26. The molecule has 2 atom stereocenters. The van der Waals surface area contributed by atoms with Crippen molar-refractivity contribution in [3.63, 3.8) is 0 Å². The van der Waals surface area contributed by atoms with Crippen LogP contribution in [0.1, 0.15) is 53.9 Å². The third-order valence-corrected chi connectivity index (χ3v) is 3.26. The van der Waals surface area contributed by atoms with E-state index in [-0.39, 0.29) is 6.42 Å². The van der Waals surface area contributed by atoms with Gasteiger partial charge in [0.1, 0.15) is 12.7 Å². The van der Waals surface area contributed by atoms with Crippen molar-refractivity contribution >= 4 is 11.9 Å². The van der Waals surface area contributed by atoms with Gasteiger partial charge in [-0.25, -0.2) is 0 Å². The summed E-state index contributed by atoms with van der Waals surface area (Å²) in [4.78, 5) is 22.0. The van der Waals surface area contributed by atoms with Crippen LogP contribution in [0.25, 0.3) is 0 Å². The number of hydrogen-bond acceptors (Lipinski definition) is 6. The number of methoxy groups -OCH3 is 1. The molecule has 0 aromatic heterocycles. The molecule has 125 valence electrons. The Bertz CT molecular complexity index is 427. The van der Waals surface area contributed by atoms with Crippen molar-refractivity contribution in [2.45, 2.75) is 65.6 Å². The Morgan fingerprint density at radius 2 is 1.82 bits per heavy atom. The fourth-order valence-electron chi connectivity index (χ4n) is 2.35. The van der Waals surface area contributed by atoms with E-state index in [1.165, 1.54) is 20.5 Å². The minimum atomic E-state index is -0.732. The van der Waals surface area contributed by atoms with Crippen LogP contribution >= 0.6 is 0 Å². The first-order chi connectivity index (χ1) is 10.0. The number of carbonyl (C=O) groups is 2. The highest BCUT2D eigenvalue weighted by Crippen LogP contribution is 2.35. The molecule has 0 amide bonds. The molecule has 0 aliphatic rings. The standard InChI is InChI=1S/C16H26NO5/c1-12(18)21-8-7-14(22-13(2)19)9-16(5,11-17)10-15(3,4)20-6/h8,14H,7,9-10H2,1-6H3. The Balaban J connectivity index is 4.87. The number of hydrogen-bond donors (Lipinski definition) is 0. The first-order valence-corrected chi connectivity index (χ1v) is 7.16. The minimum Gasteiger partial charge on any atom is -0.462 e. The van der Waals surface area contributed by atoms with Gasteiger partial charge in [-0.05, 0) is 27.2 Å². The molecule has 0 N–H and O–H groups in total. The van der Waals surface area contributed by atoms with Gasteiger partial charge in [0.15, 0.2) is 0 Å². The van der Waals surface area contributed by atoms with Gasteiger partial charge in [-0.3, -0.25) is 9.59 Å². The first-order valence-electron chi connectivity index (χ1n) is 7.16. The summed E-state index contributed by atoms with van der Waals surface area (Å²) in [5.74, 6) is -0.877. The number of ether oxygens (including phenoxy) is 3. The summed E-state index contributed by atoms with van der Waals surface area (Å²) < 4.78 is 15.4. The highest BCUT2D eigenvalue weighted by molar-refractivity contribution is 5.66. The van der Waals surface area contributed by atoms with Crippen molar-refractivity contribution in [2.75, 3.05) is 7.11 Å². The fourth-order valence-corrected chi connectivity index (χ4v) is 2.35. The molecule has 0 aromatic carbocycles. The van der Waals surface area contributed by atoms with E-state index in [1.807, 2.05) is 13.8 Å². The Morgan fingerprint density at radius 3 is 2.23 bits per heavy atom. The predicted molar refractivity (Wildman–Crippen MR) is 80.3 cm³/mol. The smallest absolute Gasteiger partial charge is 0.303 e. The van der Waals surface area contributed by atoms with Gasteiger partial charge in [0.05, 0.1) is 17.1 Å². The molecule has 1 radical (unpaired) electrons. The molecule has 2 unspecified atom stereocenters. The minimum absolute atomic E-state index is 0.240. The number of nitriles is 1. The largest absolute Gasteiger partial charge is 0.462 e. The molecule has 0 aliphatic heterocycles. The van der Waals surface area contributed by atoms with E-state index in [1.54, 1.807) is 14.0 Å². The molecular weight excluding hydrogens is 286 g/mol. The SMILES string of the molecule is COC(C)(C)CC(C)(C#N)CC(C[CH]OC(C)=O)OC(C)=O. The zero-order chi connectivity index (χ0) is 17.4. The molecule has 0 bridgehead atoms. The quantitative estimate of drug-likeness (QED) is 0.608. The van der Waals surface area contributed by atoms with Gasteiger partial charge in [-0.1, -0.05) is 0 Å². The number of carbonyl (C=O) groups excluding carboxylic acids is 2. The highest BCUT2D eigenvalue weighted by atomic mass is 16.6. The summed E-state index contributed by atoms with van der Waals surface area (Å²) in [6, 6.07) is 2.28. The second-order valence-electron chi connectivity index (χ2n) is 6.26. The third kappa shape index (κ3) is 8.63. The van der Waals surface area contributed by atoms with E-state index in [9.17, 15) is 14.9 Å². The molecule has 0 aliphatic carbocycles. The van der Waals surface area contributed by atoms with Gasteiger partial charge in [0.2, 0.25) is 0 Å². The molecule has 0 aromatic rings. The van der Waals surface area contributed by atoms with Crippen LogP contribution in [0.5, 0.6) is 0 Å². The highest BCUT2D eigenvalue weighted by Gasteiger charge is 2.36. The lowest BCUT2D eigenvalue weighted by molar-refractivity contribution is -0.148. The van der Waals surface area contributed by atoms with E-state index >= 15 is 0 Å². The Hall–Kier alpha value is -1.61. The molecule has 0 heterocycles. The van der Waals surface area contributed by atoms with Gasteiger partial charge in [-0.2, -0.15) is 5.26 Å². The maximum Gasteiger partial charge on any atom is 0.303 e. The summed E-state index contributed by atoms with van der Waals surface area (Å²) in [6.07, 6.45) is 0.518. The van der Waals surface area contributed by atoms with Crippen LogP contribution in [0.4, 0.5) is 0 Å². The molecular formula is C16H26NO5. The van der Waals surface area contributed by atoms with Gasteiger partial charge in [0.25, 0.3) is 0 Å². The maximum atomic E-state index is 11.2. The number of nitrogens with zero attached hydrogens (tertiary/aromatic N) is 1. The molecule has 0 saturated carbocycles. The second kappa shape index (κ2) is 8.74. The number of rotatable bonds is 9. The molecule has 0 spiro atoms. The van der Waals surface area contributed by atoms with E-state index in [4.69, 9.17) is 14.2 Å². The number of esters is 2. The summed E-state index contributed by atoms with van der Waals surface area (Å²) in [5.41, 5.74) is -1.20. The van der Waals surface area contributed by atoms with Gasteiger partial charge in [0, 0.05) is 33.8 Å². The van der Waals surface area contributed by atoms with Crippen molar-refractivity contribution in [1.29, 1.82) is 5.26 Å². The normalized spacial score (nSPS) is 15.3. The van der Waals surface area contributed by atoms with Crippen LogP contribution < -0.4 is 0 Å². The monoisotopic (exact) mass is 312 g/mol. The van der Waals surface area contributed by atoms with Crippen molar-refractivity contribution in [1.82, 2.24) is 0 Å². The van der Waals surface area contributed by atoms with Crippen LogP contribution in [0.15, 0.2) is 0 Å². The van der Waals surface area contributed by atoms with Crippen molar-refractivity contribution in [2.24, 2.45) is 5.41 Å². The Kier molecular flexibility index (Phi) is 8.10. The third-order valence-electron chi connectivity index (χ3n) is 3.26. The lowest BCUT2D eigenvalue weighted by Crippen LogP contribution is -2.35. The average molecular weight is 312 g/mol. The molecule has 0 rings (SSSR count). The van der Waals surface area contributed by atoms with Crippen molar-refractivity contribution in [3.8, 4) is 6.07 Å². The Morgan fingerprint density at radius 1 is 1.23 bits per heavy atom. The fraction of sp³-hybridized carbons (Fsp3) is 0.750. The van der Waals surface area contributed by atoms with Crippen LogP contribution in [-0.2, 0) is 23.8 Å². The topological polar surface area (TPSA) is 85.6 Å². The van der Waals surface area contributed by atoms with E-state index in [2.05, 4.69) is 6.07 Å².